The molecule has 0 saturated heterocycles. The summed E-state index contributed by atoms with van der Waals surface area (Å²) in [5, 5.41) is 11.8. The third kappa shape index (κ3) is 3.45. The number of hydrogen-bond donors (Lipinski definition) is 2. The van der Waals surface area contributed by atoms with Gasteiger partial charge in [-0.15, -0.1) is 11.8 Å². The smallest absolute Gasteiger partial charge is 0.173 e. The number of methoxy groups -OCH3 is 1. The molecular weight excluding hydrogens is 272 g/mol. The Morgan fingerprint density at radius 3 is 2.65 bits per heavy atom. The largest absolute Gasteiger partial charge is 0.496 e. The van der Waals surface area contributed by atoms with Gasteiger partial charge in [0.2, 0.25) is 0 Å². The zero-order valence-electron chi connectivity index (χ0n) is 11.1. The van der Waals surface area contributed by atoms with Crippen LogP contribution in [0.3, 0.4) is 0 Å². The van der Waals surface area contributed by atoms with Crippen molar-refractivity contribution in [3.05, 3.63) is 59.7 Å². The lowest BCUT2D eigenvalue weighted by Gasteiger charge is -2.09. The minimum absolute atomic E-state index is 0.0495. The highest BCUT2D eigenvalue weighted by Crippen LogP contribution is 2.26. The van der Waals surface area contributed by atoms with Gasteiger partial charge in [-0.25, -0.2) is 0 Å². The first kappa shape index (κ1) is 14.3. The maximum Gasteiger partial charge on any atom is 0.173 e. The van der Waals surface area contributed by atoms with Crippen molar-refractivity contribution in [2.45, 2.75) is 10.6 Å². The van der Waals surface area contributed by atoms with Gasteiger partial charge in [0.25, 0.3) is 0 Å². The number of amidine groups is 1. The highest BCUT2D eigenvalue weighted by atomic mass is 32.2. The second kappa shape index (κ2) is 6.86. The van der Waals surface area contributed by atoms with E-state index in [1.807, 2.05) is 36.4 Å². The summed E-state index contributed by atoms with van der Waals surface area (Å²) in [6.45, 7) is 0. The number of ether oxygens (including phenoxy) is 1. The van der Waals surface area contributed by atoms with Crippen molar-refractivity contribution in [3.63, 3.8) is 0 Å². The van der Waals surface area contributed by atoms with Gasteiger partial charge in [0.15, 0.2) is 5.84 Å². The Morgan fingerprint density at radius 1 is 1.25 bits per heavy atom. The number of benzene rings is 2. The van der Waals surface area contributed by atoms with Crippen LogP contribution >= 0.6 is 11.8 Å². The van der Waals surface area contributed by atoms with Crippen molar-refractivity contribution in [2.24, 2.45) is 10.9 Å². The molecule has 2 rings (SSSR count). The topological polar surface area (TPSA) is 67.8 Å². The van der Waals surface area contributed by atoms with Crippen molar-refractivity contribution < 1.29 is 9.94 Å². The third-order valence-corrected chi connectivity index (χ3v) is 3.88. The standard InChI is InChI=1S/C15H16N2O2S/c1-19-14-8-7-11(9-13(14)15(16)17-18)10-20-12-5-3-2-4-6-12/h2-9,18H,10H2,1H3,(H2,16,17). The van der Waals surface area contributed by atoms with Gasteiger partial charge < -0.3 is 15.7 Å². The van der Waals surface area contributed by atoms with E-state index >= 15 is 0 Å². The van der Waals surface area contributed by atoms with E-state index in [1.54, 1.807) is 18.9 Å². The van der Waals surface area contributed by atoms with Crippen LogP contribution in [0.1, 0.15) is 11.1 Å². The lowest BCUT2D eigenvalue weighted by Crippen LogP contribution is -2.14. The SMILES string of the molecule is COc1ccc(CSc2ccccc2)cc1C(N)=NO. The molecule has 20 heavy (non-hydrogen) atoms. The van der Waals surface area contributed by atoms with Crippen LogP contribution in [0.2, 0.25) is 0 Å². The van der Waals surface area contributed by atoms with Crippen LogP contribution in [0.5, 0.6) is 5.75 Å². The molecule has 0 heterocycles. The van der Waals surface area contributed by atoms with E-state index in [1.165, 1.54) is 4.90 Å². The van der Waals surface area contributed by atoms with Crippen molar-refractivity contribution in [2.75, 3.05) is 7.11 Å². The summed E-state index contributed by atoms with van der Waals surface area (Å²) in [5.74, 6) is 1.45. The van der Waals surface area contributed by atoms with Crippen molar-refractivity contribution >= 4 is 17.6 Å². The molecule has 0 aliphatic rings. The molecule has 2 aromatic carbocycles. The Hall–Kier alpha value is -2.14. The highest BCUT2D eigenvalue weighted by molar-refractivity contribution is 7.98. The van der Waals surface area contributed by atoms with Crippen LogP contribution < -0.4 is 10.5 Å². The minimum atomic E-state index is 0.0495. The predicted octanol–water partition coefficient (Wildman–Crippen LogP) is 3.08. The van der Waals surface area contributed by atoms with E-state index < -0.39 is 0 Å². The van der Waals surface area contributed by atoms with Gasteiger partial charge in [0.05, 0.1) is 12.7 Å². The van der Waals surface area contributed by atoms with Gasteiger partial charge in [-0.3, -0.25) is 0 Å². The summed E-state index contributed by atoms with van der Waals surface area (Å²) < 4.78 is 5.21. The van der Waals surface area contributed by atoms with Gasteiger partial charge >= 0.3 is 0 Å². The molecule has 4 nitrogen and oxygen atoms in total. The number of oxime groups is 1. The average molecular weight is 288 g/mol. The van der Waals surface area contributed by atoms with Gasteiger partial charge in [-0.1, -0.05) is 29.4 Å². The molecule has 0 unspecified atom stereocenters. The molecule has 104 valence electrons. The number of thioether (sulfide) groups is 1. The first-order valence-corrected chi connectivity index (χ1v) is 7.06. The van der Waals surface area contributed by atoms with E-state index in [0.29, 0.717) is 11.3 Å². The number of rotatable bonds is 5. The summed E-state index contributed by atoms with van der Waals surface area (Å²) in [5.41, 5.74) is 7.34. The third-order valence-electron chi connectivity index (χ3n) is 2.80. The molecule has 5 heteroatoms. The van der Waals surface area contributed by atoms with Gasteiger partial charge in [-0.05, 0) is 29.8 Å². The molecule has 0 aliphatic carbocycles. The molecular formula is C15H16N2O2S. The molecule has 0 spiro atoms. The molecule has 0 aromatic heterocycles. The highest BCUT2D eigenvalue weighted by Gasteiger charge is 2.09. The summed E-state index contributed by atoms with van der Waals surface area (Å²) >= 11 is 1.73. The van der Waals surface area contributed by atoms with Gasteiger partial charge in [0.1, 0.15) is 5.75 Å². The molecule has 0 radical (unpaired) electrons. The fourth-order valence-electron chi connectivity index (χ4n) is 1.78. The van der Waals surface area contributed by atoms with Crippen molar-refractivity contribution in [1.29, 1.82) is 0 Å². The Balaban J connectivity index is 2.17. The second-order valence-electron chi connectivity index (χ2n) is 4.12. The normalized spacial score (nSPS) is 11.3. The first-order chi connectivity index (χ1) is 9.74. The monoisotopic (exact) mass is 288 g/mol. The number of hydrogen-bond acceptors (Lipinski definition) is 4. The fourth-order valence-corrected chi connectivity index (χ4v) is 2.64. The summed E-state index contributed by atoms with van der Waals surface area (Å²) in [7, 11) is 1.56. The Labute approximate surface area is 122 Å². The molecule has 0 atom stereocenters. The van der Waals surface area contributed by atoms with Crippen molar-refractivity contribution in [3.8, 4) is 5.75 Å². The van der Waals surface area contributed by atoms with Gasteiger partial charge in [-0.2, -0.15) is 0 Å². The molecule has 0 saturated carbocycles. The maximum atomic E-state index is 8.81. The Morgan fingerprint density at radius 2 is 2.00 bits per heavy atom. The maximum absolute atomic E-state index is 8.81. The van der Waals surface area contributed by atoms with E-state index in [2.05, 4.69) is 17.3 Å². The minimum Gasteiger partial charge on any atom is -0.496 e. The second-order valence-corrected chi connectivity index (χ2v) is 5.17. The molecule has 0 bridgehead atoms. The number of nitrogens with zero attached hydrogens (tertiary/aromatic N) is 1. The lowest BCUT2D eigenvalue weighted by atomic mass is 10.1. The van der Waals surface area contributed by atoms with Crippen LogP contribution in [0.25, 0.3) is 0 Å². The average Bonchev–Trinajstić information content (AvgIpc) is 2.52. The van der Waals surface area contributed by atoms with E-state index in [4.69, 9.17) is 15.7 Å². The first-order valence-electron chi connectivity index (χ1n) is 6.07. The molecule has 0 amide bonds. The van der Waals surface area contributed by atoms with Crippen LogP contribution in [-0.4, -0.2) is 18.2 Å². The molecule has 0 aliphatic heterocycles. The predicted molar refractivity (Wildman–Crippen MR) is 81.5 cm³/mol. The quantitative estimate of drug-likeness (QED) is 0.292. The van der Waals surface area contributed by atoms with Crippen LogP contribution in [0, 0.1) is 0 Å². The molecule has 0 fully saturated rings. The summed E-state index contributed by atoms with van der Waals surface area (Å²) in [6.07, 6.45) is 0. The van der Waals surface area contributed by atoms with E-state index in [0.717, 1.165) is 11.3 Å². The molecule has 2 aromatic rings. The Kier molecular flexibility index (Phi) is 4.90. The van der Waals surface area contributed by atoms with Crippen molar-refractivity contribution in [1.82, 2.24) is 0 Å². The zero-order chi connectivity index (χ0) is 14.4. The van der Waals surface area contributed by atoms with Crippen LogP contribution in [-0.2, 0) is 5.75 Å². The van der Waals surface area contributed by atoms with Crippen LogP contribution in [0.15, 0.2) is 58.6 Å². The van der Waals surface area contributed by atoms with E-state index in [9.17, 15) is 0 Å². The Bertz CT molecular complexity index is 600. The molecule has 3 N–H and O–H groups in total. The zero-order valence-corrected chi connectivity index (χ0v) is 11.9. The number of nitrogens with two attached hydrogens (primary N) is 1. The van der Waals surface area contributed by atoms with Crippen LogP contribution in [0.4, 0.5) is 0 Å². The van der Waals surface area contributed by atoms with Gasteiger partial charge in [0, 0.05) is 10.6 Å². The lowest BCUT2D eigenvalue weighted by molar-refractivity contribution is 0.318. The fraction of sp³-hybridized carbons (Fsp3) is 0.133. The summed E-state index contributed by atoms with van der Waals surface area (Å²) in [6, 6.07) is 15.8. The summed E-state index contributed by atoms with van der Waals surface area (Å²) in [4.78, 5) is 1.20. The van der Waals surface area contributed by atoms with E-state index in [-0.39, 0.29) is 5.84 Å².